The van der Waals surface area contributed by atoms with E-state index in [0.29, 0.717) is 4.90 Å². The third-order valence-electron chi connectivity index (χ3n) is 4.92. The number of sulfonamides is 1. The van der Waals surface area contributed by atoms with E-state index in [-0.39, 0.29) is 36.5 Å². The Hall–Kier alpha value is -0.950. The highest BCUT2D eigenvalue weighted by molar-refractivity contribution is 7.89. The van der Waals surface area contributed by atoms with Crippen LogP contribution in [0.4, 0.5) is 0 Å². The lowest BCUT2D eigenvalue weighted by Gasteiger charge is -2.40. The van der Waals surface area contributed by atoms with Gasteiger partial charge in [-0.3, -0.25) is 0 Å². The summed E-state index contributed by atoms with van der Waals surface area (Å²) < 4.78 is 38.9. The quantitative estimate of drug-likeness (QED) is 0.755. The summed E-state index contributed by atoms with van der Waals surface area (Å²) in [5.74, 6) is 0. The molecule has 5 nitrogen and oxygen atoms in total. The molecule has 2 bridgehead atoms. The van der Waals surface area contributed by atoms with Crippen LogP contribution in [0.2, 0.25) is 0 Å². The van der Waals surface area contributed by atoms with Crippen LogP contribution in [0.5, 0.6) is 0 Å². The van der Waals surface area contributed by atoms with E-state index in [9.17, 15) is 8.42 Å². The Morgan fingerprint density at radius 2 is 1.50 bits per heavy atom. The molecule has 20 heavy (non-hydrogen) atoms. The molecule has 4 fully saturated rings. The van der Waals surface area contributed by atoms with Gasteiger partial charge in [-0.05, 0) is 25.0 Å². The molecular weight excluding hydrogens is 278 g/mol. The highest BCUT2D eigenvalue weighted by atomic mass is 32.2. The van der Waals surface area contributed by atoms with Crippen molar-refractivity contribution in [2.24, 2.45) is 0 Å². The van der Waals surface area contributed by atoms with Crippen molar-refractivity contribution in [3.8, 4) is 0 Å². The van der Waals surface area contributed by atoms with Gasteiger partial charge in [-0.1, -0.05) is 18.2 Å². The summed E-state index contributed by atoms with van der Waals surface area (Å²) in [5, 5.41) is 0. The van der Waals surface area contributed by atoms with E-state index in [2.05, 4.69) is 0 Å². The fourth-order valence-electron chi connectivity index (χ4n) is 3.93. The molecule has 0 saturated carbocycles. The first-order valence-corrected chi connectivity index (χ1v) is 8.50. The van der Waals surface area contributed by atoms with E-state index in [1.165, 1.54) is 0 Å². The van der Waals surface area contributed by atoms with Gasteiger partial charge in [-0.2, -0.15) is 4.31 Å². The van der Waals surface area contributed by atoms with Crippen molar-refractivity contribution in [1.82, 2.24) is 4.31 Å². The van der Waals surface area contributed by atoms with Gasteiger partial charge in [0.2, 0.25) is 10.0 Å². The van der Waals surface area contributed by atoms with Crippen LogP contribution in [0.15, 0.2) is 35.2 Å². The Kier molecular flexibility index (Phi) is 2.12. The molecule has 0 spiro atoms. The van der Waals surface area contributed by atoms with Crippen molar-refractivity contribution in [2.45, 2.75) is 54.2 Å². The summed E-state index contributed by atoms with van der Waals surface area (Å²) in [6.07, 6.45) is 2.20. The maximum Gasteiger partial charge on any atom is 0.243 e. The third kappa shape index (κ3) is 1.45. The maximum atomic E-state index is 12.9. The highest BCUT2D eigenvalue weighted by Crippen LogP contribution is 2.52. The minimum atomic E-state index is -3.46. The first-order valence-electron chi connectivity index (χ1n) is 7.06. The van der Waals surface area contributed by atoms with Crippen molar-refractivity contribution in [3.05, 3.63) is 30.3 Å². The van der Waals surface area contributed by atoms with Gasteiger partial charge in [-0.15, -0.1) is 0 Å². The number of fused-ring (bicyclic) bond motifs is 6. The first-order chi connectivity index (χ1) is 9.66. The number of rotatable bonds is 2. The van der Waals surface area contributed by atoms with Crippen molar-refractivity contribution < 1.29 is 17.9 Å². The Bertz CT molecular complexity index is 637. The zero-order valence-electron chi connectivity index (χ0n) is 10.8. The molecule has 0 radical (unpaired) electrons. The van der Waals surface area contributed by atoms with E-state index in [1.54, 1.807) is 28.6 Å². The van der Waals surface area contributed by atoms with Gasteiger partial charge in [-0.25, -0.2) is 8.42 Å². The molecule has 106 valence electrons. The number of ether oxygens (including phenoxy) is 2. The average molecular weight is 293 g/mol. The molecule has 4 heterocycles. The topological polar surface area (TPSA) is 62.4 Å². The Balaban J connectivity index is 1.60. The van der Waals surface area contributed by atoms with Crippen LogP contribution in [0.3, 0.4) is 0 Å². The molecule has 0 amide bonds. The number of benzene rings is 1. The second kappa shape index (κ2) is 3.62. The van der Waals surface area contributed by atoms with E-state index in [1.807, 2.05) is 6.07 Å². The van der Waals surface area contributed by atoms with Gasteiger partial charge in [0.15, 0.2) is 0 Å². The smallest absolute Gasteiger partial charge is 0.243 e. The second-order valence-electron chi connectivity index (χ2n) is 6.03. The van der Waals surface area contributed by atoms with Gasteiger partial charge in [0.1, 0.15) is 12.2 Å². The van der Waals surface area contributed by atoms with Crippen molar-refractivity contribution in [1.29, 1.82) is 0 Å². The maximum absolute atomic E-state index is 12.9. The summed E-state index contributed by atoms with van der Waals surface area (Å²) in [4.78, 5) is 0.369. The second-order valence-corrected chi connectivity index (χ2v) is 7.88. The lowest BCUT2D eigenvalue weighted by Crippen LogP contribution is -2.58. The average Bonchev–Trinajstić information content (AvgIpc) is 3.32. The Labute approximate surface area is 117 Å². The monoisotopic (exact) mass is 293 g/mol. The lowest BCUT2D eigenvalue weighted by molar-refractivity contribution is 0.159. The van der Waals surface area contributed by atoms with Crippen LogP contribution >= 0.6 is 0 Å². The van der Waals surface area contributed by atoms with Gasteiger partial charge in [0.25, 0.3) is 0 Å². The van der Waals surface area contributed by atoms with Crippen molar-refractivity contribution >= 4 is 10.0 Å². The fourth-order valence-corrected chi connectivity index (χ4v) is 5.80. The molecule has 6 atom stereocenters. The number of piperidine rings is 2. The number of hydrogen-bond donors (Lipinski definition) is 0. The number of epoxide rings is 2. The van der Waals surface area contributed by atoms with Gasteiger partial charge >= 0.3 is 0 Å². The molecule has 0 N–H and O–H groups in total. The van der Waals surface area contributed by atoms with E-state index < -0.39 is 10.0 Å². The van der Waals surface area contributed by atoms with Gasteiger partial charge < -0.3 is 9.47 Å². The van der Waals surface area contributed by atoms with Crippen LogP contribution in [0, 0.1) is 0 Å². The van der Waals surface area contributed by atoms with Crippen molar-refractivity contribution in [2.75, 3.05) is 0 Å². The van der Waals surface area contributed by atoms with E-state index >= 15 is 0 Å². The number of hydrogen-bond acceptors (Lipinski definition) is 4. The highest BCUT2D eigenvalue weighted by Gasteiger charge is 2.67. The standard InChI is InChI=1S/C14H15NO4S/c16-20(17,8-4-2-1-3-5-8)15-9-6-11-14(18-11)10(15)7-12-13(9)19-12/h1-5,9-14H,6-7H2/t9-,10-,11-,12+,13-,14+/m0/s1. The molecule has 1 aromatic carbocycles. The summed E-state index contributed by atoms with van der Waals surface area (Å²) >= 11 is 0. The molecule has 5 rings (SSSR count). The molecule has 1 aromatic rings. The van der Waals surface area contributed by atoms with Crippen LogP contribution in [-0.2, 0) is 19.5 Å². The Morgan fingerprint density at radius 3 is 2.05 bits per heavy atom. The lowest BCUT2D eigenvalue weighted by atomic mass is 9.87. The molecule has 0 aliphatic carbocycles. The Morgan fingerprint density at radius 1 is 0.950 bits per heavy atom. The zero-order valence-corrected chi connectivity index (χ0v) is 11.6. The van der Waals surface area contributed by atoms with Crippen molar-refractivity contribution in [3.63, 3.8) is 0 Å². The summed E-state index contributed by atoms with van der Waals surface area (Å²) in [6, 6.07) is 8.59. The number of nitrogens with zero attached hydrogens (tertiary/aromatic N) is 1. The predicted molar refractivity (Wildman–Crippen MR) is 69.6 cm³/mol. The summed E-state index contributed by atoms with van der Waals surface area (Å²) in [6.45, 7) is 0. The normalized spacial score (nSPS) is 45.4. The van der Waals surface area contributed by atoms with E-state index in [0.717, 1.165) is 12.8 Å². The van der Waals surface area contributed by atoms with Gasteiger partial charge in [0, 0.05) is 0 Å². The minimum Gasteiger partial charge on any atom is -0.368 e. The molecule has 4 saturated heterocycles. The molecule has 0 unspecified atom stereocenters. The summed E-state index contributed by atoms with van der Waals surface area (Å²) in [7, 11) is -3.46. The van der Waals surface area contributed by atoms with Crippen LogP contribution in [0.25, 0.3) is 0 Å². The zero-order chi connectivity index (χ0) is 13.5. The summed E-state index contributed by atoms with van der Waals surface area (Å²) in [5.41, 5.74) is 0. The van der Waals surface area contributed by atoms with Crippen LogP contribution in [0.1, 0.15) is 12.8 Å². The fraction of sp³-hybridized carbons (Fsp3) is 0.571. The van der Waals surface area contributed by atoms with E-state index in [4.69, 9.17) is 9.47 Å². The van der Waals surface area contributed by atoms with Gasteiger partial charge in [0.05, 0.1) is 29.2 Å². The molecular formula is C14H15NO4S. The largest absolute Gasteiger partial charge is 0.368 e. The first kappa shape index (κ1) is 11.7. The molecule has 4 aliphatic rings. The molecule has 6 heteroatoms. The predicted octanol–water partition coefficient (Wildman–Crippen LogP) is 0.757. The van der Waals surface area contributed by atoms with Crippen LogP contribution < -0.4 is 0 Å². The SMILES string of the molecule is O=S(=O)(c1ccccc1)N1[C@H]2C[C@@H]3O[C@@H]3[C@@H]1C[C@H]1O[C@H]12. The molecule has 4 aliphatic heterocycles. The molecule has 0 aromatic heterocycles. The van der Waals surface area contributed by atoms with Crippen LogP contribution in [-0.4, -0.2) is 49.2 Å². The minimum absolute atomic E-state index is 0.0484. The third-order valence-corrected chi connectivity index (χ3v) is 6.89.